The summed E-state index contributed by atoms with van der Waals surface area (Å²) in [5.74, 6) is -1.85. The maximum atomic E-state index is 14.3. The molecule has 1 heterocycles. The van der Waals surface area contributed by atoms with E-state index in [2.05, 4.69) is 29.8 Å². The number of primary amides is 1. The van der Waals surface area contributed by atoms with Crippen molar-refractivity contribution in [3.63, 3.8) is 0 Å². The van der Waals surface area contributed by atoms with Crippen LogP contribution < -0.4 is 21.7 Å². The summed E-state index contributed by atoms with van der Waals surface area (Å²) < 4.78 is 0. The van der Waals surface area contributed by atoms with Crippen LogP contribution in [-0.2, 0) is 19.2 Å². The molecule has 0 aromatic heterocycles. The summed E-state index contributed by atoms with van der Waals surface area (Å²) in [4.78, 5) is 67.1. The molecule has 6 N–H and O–H groups in total. The number of hydrogen-bond acceptors (Lipinski definition) is 7. The molecule has 0 bridgehead atoms. The lowest BCUT2D eigenvalue weighted by atomic mass is 9.81. The van der Waals surface area contributed by atoms with Gasteiger partial charge in [-0.15, -0.1) is 0 Å². The van der Waals surface area contributed by atoms with E-state index < -0.39 is 53.5 Å². The fraction of sp³-hybridized carbons (Fsp3) is 0.848. The zero-order valence-corrected chi connectivity index (χ0v) is 27.7. The number of nitrogens with two attached hydrogens (primary N) is 1. The largest absolute Gasteiger partial charge is 0.376 e. The molecule has 0 aromatic rings. The highest BCUT2D eigenvalue weighted by molar-refractivity contribution is 6.37. The molecule has 248 valence electrons. The normalized spacial score (nSPS) is 27.6. The van der Waals surface area contributed by atoms with Crippen LogP contribution in [0.1, 0.15) is 99.8 Å². The molecular formula is C33H55N5O6. The van der Waals surface area contributed by atoms with Gasteiger partial charge in [-0.3, -0.25) is 24.5 Å². The van der Waals surface area contributed by atoms with Crippen LogP contribution in [0.2, 0.25) is 0 Å². The van der Waals surface area contributed by atoms with Gasteiger partial charge in [-0.2, -0.15) is 0 Å². The molecule has 4 rings (SSSR count). The summed E-state index contributed by atoms with van der Waals surface area (Å²) in [7, 11) is 0. The zero-order chi connectivity index (χ0) is 32.7. The van der Waals surface area contributed by atoms with Crippen molar-refractivity contribution >= 4 is 29.4 Å². The van der Waals surface area contributed by atoms with Crippen molar-refractivity contribution in [1.29, 1.82) is 0 Å². The first kappa shape index (κ1) is 34.3. The first-order chi connectivity index (χ1) is 20.4. The van der Waals surface area contributed by atoms with Gasteiger partial charge >= 0.3 is 6.03 Å². The molecule has 0 spiro atoms. The molecule has 0 aromatic carbocycles. The Hall–Kier alpha value is -2.53. The van der Waals surface area contributed by atoms with Crippen LogP contribution in [0.5, 0.6) is 0 Å². The number of fused-ring (bicyclic) bond motifs is 1. The summed E-state index contributed by atoms with van der Waals surface area (Å²) in [6, 6.07) is -3.75. The van der Waals surface area contributed by atoms with Crippen molar-refractivity contribution in [2.75, 3.05) is 6.54 Å². The second-order valence-corrected chi connectivity index (χ2v) is 15.9. The minimum Gasteiger partial charge on any atom is -0.376 e. The smallest absolute Gasteiger partial charge is 0.316 e. The summed E-state index contributed by atoms with van der Waals surface area (Å²) in [6.07, 6.45) is 5.89. The highest BCUT2D eigenvalue weighted by Crippen LogP contribution is 2.65. The van der Waals surface area contributed by atoms with Gasteiger partial charge in [0.15, 0.2) is 5.78 Å². The van der Waals surface area contributed by atoms with Crippen LogP contribution in [0.25, 0.3) is 0 Å². The molecule has 4 amide bonds. The van der Waals surface area contributed by atoms with Crippen molar-refractivity contribution in [3.8, 4) is 0 Å². The van der Waals surface area contributed by atoms with E-state index in [1.165, 1.54) is 0 Å². The van der Waals surface area contributed by atoms with Gasteiger partial charge in [-0.1, -0.05) is 80.6 Å². The van der Waals surface area contributed by atoms with E-state index in [4.69, 9.17) is 5.73 Å². The van der Waals surface area contributed by atoms with Crippen molar-refractivity contribution in [3.05, 3.63) is 0 Å². The Kier molecular flexibility index (Phi) is 10.2. The lowest BCUT2D eigenvalue weighted by molar-refractivity contribution is -0.142. The monoisotopic (exact) mass is 617 g/mol. The Balaban J connectivity index is 1.50. The Morgan fingerprint density at radius 2 is 1.59 bits per heavy atom. The molecule has 0 radical (unpaired) electrons. The quantitative estimate of drug-likeness (QED) is 0.156. The average molecular weight is 618 g/mol. The molecule has 11 nitrogen and oxygen atoms in total. The number of likely N-dealkylation sites (tertiary alicyclic amines) is 1. The number of nitrogens with zero attached hydrogens (tertiary/aromatic N) is 1. The Labute approximate surface area is 262 Å². The molecular weight excluding hydrogens is 562 g/mol. The fourth-order valence-electron chi connectivity index (χ4n) is 7.69. The van der Waals surface area contributed by atoms with Gasteiger partial charge in [-0.05, 0) is 53.8 Å². The van der Waals surface area contributed by atoms with Crippen LogP contribution in [0, 0.1) is 40.4 Å². The maximum absolute atomic E-state index is 14.3. The molecule has 1 aliphatic heterocycles. The van der Waals surface area contributed by atoms with Gasteiger partial charge in [-0.25, -0.2) is 4.79 Å². The summed E-state index contributed by atoms with van der Waals surface area (Å²) >= 11 is 0. The number of aliphatic hydroxyl groups is 1. The van der Waals surface area contributed by atoms with Crippen molar-refractivity contribution in [1.82, 2.24) is 20.9 Å². The van der Waals surface area contributed by atoms with E-state index in [-0.39, 0.29) is 40.8 Å². The molecule has 3 saturated carbocycles. The van der Waals surface area contributed by atoms with Gasteiger partial charge in [0.2, 0.25) is 11.7 Å². The average Bonchev–Trinajstić information content (AvgIpc) is 3.80. The number of ketones is 2. The molecule has 2 unspecified atom stereocenters. The number of urea groups is 1. The van der Waals surface area contributed by atoms with Gasteiger partial charge in [0, 0.05) is 12.5 Å². The lowest BCUT2D eigenvalue weighted by Crippen LogP contribution is -2.63. The Morgan fingerprint density at radius 3 is 2.11 bits per heavy atom. The third kappa shape index (κ3) is 7.46. The minimum atomic E-state index is -1.27. The van der Waals surface area contributed by atoms with Crippen LogP contribution >= 0.6 is 0 Å². The van der Waals surface area contributed by atoms with E-state index in [0.717, 1.165) is 44.9 Å². The molecule has 44 heavy (non-hydrogen) atoms. The minimum absolute atomic E-state index is 0.0212. The van der Waals surface area contributed by atoms with Crippen molar-refractivity contribution in [2.24, 2.45) is 46.2 Å². The molecule has 7 atom stereocenters. The molecule has 4 fully saturated rings. The zero-order valence-electron chi connectivity index (χ0n) is 27.7. The third-order valence-electron chi connectivity index (χ3n) is 10.7. The number of amides is 4. The summed E-state index contributed by atoms with van der Waals surface area (Å²) in [6.45, 7) is 14.0. The van der Waals surface area contributed by atoms with E-state index in [0.29, 0.717) is 18.9 Å². The van der Waals surface area contributed by atoms with Gasteiger partial charge in [0.25, 0.3) is 5.91 Å². The first-order valence-electron chi connectivity index (χ1n) is 16.6. The van der Waals surface area contributed by atoms with Gasteiger partial charge < -0.3 is 26.4 Å². The number of aliphatic hydroxyl groups excluding tert-OH is 1. The number of carbonyl (C=O) groups is 5. The van der Waals surface area contributed by atoms with E-state index in [1.54, 1.807) is 4.90 Å². The lowest BCUT2D eigenvalue weighted by Gasteiger charge is -2.40. The van der Waals surface area contributed by atoms with Crippen LogP contribution in [-0.4, -0.2) is 76.4 Å². The third-order valence-corrected chi connectivity index (χ3v) is 10.7. The number of rotatable bonds is 13. The number of nitrogens with one attached hydrogen (secondary N) is 3. The fourth-order valence-corrected chi connectivity index (χ4v) is 7.69. The standard InChI is InChI=1S/C33H55N5O6/c1-17(2)23(25(39)19-11-9-8-10-12-19)36-31(44)37-27(32(3,4)5)30(43)38-16-20-22(33(20,6)7)24(38)29(42)35-21(15-18-13-14-18)26(40)28(34)41/h17-24,27,29,35,42H,8-16H2,1-7H3,(H2,34,41)(H2,36,37,44)/t20-,21?,22-,23-,24-,27+,29?/m0/s1. The van der Waals surface area contributed by atoms with E-state index in [9.17, 15) is 29.1 Å². The number of hydrogen-bond donors (Lipinski definition) is 5. The highest BCUT2D eigenvalue weighted by atomic mass is 16.3. The summed E-state index contributed by atoms with van der Waals surface area (Å²) in [5.41, 5.74) is 4.52. The predicted molar refractivity (Wildman–Crippen MR) is 166 cm³/mol. The second-order valence-electron chi connectivity index (χ2n) is 15.9. The second kappa shape index (κ2) is 13.1. The first-order valence-corrected chi connectivity index (χ1v) is 16.6. The molecule has 4 aliphatic rings. The summed E-state index contributed by atoms with van der Waals surface area (Å²) in [5, 5.41) is 20.3. The molecule has 3 aliphatic carbocycles. The number of piperidine rings is 1. The molecule has 1 saturated heterocycles. The van der Waals surface area contributed by atoms with Crippen molar-refractivity contribution in [2.45, 2.75) is 130 Å². The van der Waals surface area contributed by atoms with Crippen LogP contribution in [0.3, 0.4) is 0 Å². The SMILES string of the molecule is CC(C)[C@H](NC(=O)N[C@H](C(=O)N1C[C@H]2[C@@H]([C@H]1C(O)NC(CC1CC1)C(=O)C(N)=O)C2(C)C)C(C)(C)C)C(=O)C1CCCCC1. The highest BCUT2D eigenvalue weighted by Gasteiger charge is 2.69. The van der Waals surface area contributed by atoms with E-state index >= 15 is 0 Å². The maximum Gasteiger partial charge on any atom is 0.316 e. The van der Waals surface area contributed by atoms with Crippen LogP contribution in [0.15, 0.2) is 0 Å². The number of carbonyl (C=O) groups excluding carboxylic acids is 5. The predicted octanol–water partition coefficient (Wildman–Crippen LogP) is 2.49. The van der Waals surface area contributed by atoms with Crippen LogP contribution in [0.4, 0.5) is 4.79 Å². The Morgan fingerprint density at radius 1 is 0.977 bits per heavy atom. The topological polar surface area (TPSA) is 171 Å². The van der Waals surface area contributed by atoms with Crippen molar-refractivity contribution < 1.29 is 29.1 Å². The van der Waals surface area contributed by atoms with Gasteiger partial charge in [0.05, 0.1) is 18.1 Å². The molecule has 11 heteroatoms. The van der Waals surface area contributed by atoms with E-state index in [1.807, 2.05) is 34.6 Å². The number of Topliss-reactive ketones (excluding diaryl/α,β-unsaturated/α-hetero) is 2. The Bertz CT molecular complexity index is 1120. The van der Waals surface area contributed by atoms with Gasteiger partial charge in [0.1, 0.15) is 12.3 Å².